The summed E-state index contributed by atoms with van der Waals surface area (Å²) in [4.78, 5) is 31.5. The van der Waals surface area contributed by atoms with E-state index in [9.17, 15) is 14.0 Å². The zero-order chi connectivity index (χ0) is 20.1. The highest BCUT2D eigenvalue weighted by atomic mass is 35.5. The first-order valence-corrected chi connectivity index (χ1v) is 9.03. The van der Waals surface area contributed by atoms with Crippen LogP contribution in [0.15, 0.2) is 29.1 Å². The van der Waals surface area contributed by atoms with E-state index < -0.39 is 11.7 Å². The third-order valence-corrected chi connectivity index (χ3v) is 4.46. The van der Waals surface area contributed by atoms with E-state index in [-0.39, 0.29) is 29.4 Å². The molecule has 1 N–H and O–H groups in total. The Morgan fingerprint density at radius 2 is 2.11 bits per heavy atom. The first-order chi connectivity index (χ1) is 13.5. The van der Waals surface area contributed by atoms with E-state index in [2.05, 4.69) is 10.3 Å². The Morgan fingerprint density at radius 3 is 2.82 bits per heavy atom. The maximum atomic E-state index is 13.4. The van der Waals surface area contributed by atoms with Crippen molar-refractivity contribution in [3.63, 3.8) is 0 Å². The van der Waals surface area contributed by atoms with Gasteiger partial charge in [0.2, 0.25) is 11.9 Å². The number of nitrogens with one attached hydrogen (secondary N) is 1. The molecule has 28 heavy (non-hydrogen) atoms. The van der Waals surface area contributed by atoms with Crippen molar-refractivity contribution in [1.82, 2.24) is 9.55 Å². The van der Waals surface area contributed by atoms with Crippen LogP contribution in [0, 0.1) is 5.82 Å². The molecular weight excluding hydrogens is 391 g/mol. The van der Waals surface area contributed by atoms with Crippen LogP contribution in [-0.4, -0.2) is 48.9 Å². The molecule has 1 aliphatic rings. The summed E-state index contributed by atoms with van der Waals surface area (Å²) in [7, 11) is 1.51. The van der Waals surface area contributed by atoms with Gasteiger partial charge in [-0.3, -0.25) is 14.2 Å². The Kier molecular flexibility index (Phi) is 6.61. The molecule has 1 saturated heterocycles. The van der Waals surface area contributed by atoms with Gasteiger partial charge in [-0.25, -0.2) is 9.37 Å². The minimum absolute atomic E-state index is 0.136. The third kappa shape index (κ3) is 4.86. The molecule has 1 amide bonds. The van der Waals surface area contributed by atoms with Crippen LogP contribution in [0.5, 0.6) is 0 Å². The molecule has 3 rings (SSSR count). The van der Waals surface area contributed by atoms with Gasteiger partial charge in [-0.2, -0.15) is 0 Å². The van der Waals surface area contributed by atoms with Crippen LogP contribution in [0.25, 0.3) is 0 Å². The Bertz CT molecular complexity index is 915. The number of carbonyl (C=O) groups is 1. The number of carbonyl (C=O) groups excluding carboxylic acids is 1. The van der Waals surface area contributed by atoms with Gasteiger partial charge in [0.25, 0.3) is 5.56 Å². The maximum absolute atomic E-state index is 13.4. The summed E-state index contributed by atoms with van der Waals surface area (Å²) in [6.45, 7) is 1.96. The molecule has 0 bridgehead atoms. The van der Waals surface area contributed by atoms with Gasteiger partial charge >= 0.3 is 0 Å². The van der Waals surface area contributed by atoms with Crippen LogP contribution in [0.3, 0.4) is 0 Å². The highest BCUT2D eigenvalue weighted by molar-refractivity contribution is 6.33. The number of amides is 1. The number of anilines is 2. The summed E-state index contributed by atoms with van der Waals surface area (Å²) in [5, 5.41) is 2.73. The molecule has 150 valence electrons. The van der Waals surface area contributed by atoms with Crippen LogP contribution >= 0.6 is 11.6 Å². The van der Waals surface area contributed by atoms with E-state index in [1.54, 1.807) is 0 Å². The molecule has 1 aromatic heterocycles. The number of halogens is 2. The fourth-order valence-electron chi connectivity index (χ4n) is 2.84. The summed E-state index contributed by atoms with van der Waals surface area (Å²) in [5.41, 5.74) is 0.222. The number of benzene rings is 1. The molecule has 2 heterocycles. The van der Waals surface area contributed by atoms with Gasteiger partial charge < -0.3 is 19.7 Å². The molecule has 0 unspecified atom stereocenters. The standard InChI is InChI=1S/C18H20ClFN4O4/c1-27-11-13-9-17(26)24(18(21-13)23-4-6-28-7-5-23)10-16(25)22-15-8-12(20)2-3-14(15)19/h2-3,8-9H,4-7,10-11H2,1H3,(H,22,25). The molecule has 1 aromatic carbocycles. The monoisotopic (exact) mass is 410 g/mol. The molecule has 0 aliphatic carbocycles. The van der Waals surface area contributed by atoms with Crippen molar-refractivity contribution < 1.29 is 18.7 Å². The van der Waals surface area contributed by atoms with Crippen molar-refractivity contribution in [3.8, 4) is 0 Å². The Labute approximate surface area is 165 Å². The third-order valence-electron chi connectivity index (χ3n) is 4.13. The number of aromatic nitrogens is 2. The van der Waals surface area contributed by atoms with Gasteiger partial charge in [0, 0.05) is 26.3 Å². The average molecular weight is 411 g/mol. The molecule has 1 aliphatic heterocycles. The Morgan fingerprint density at radius 1 is 1.36 bits per heavy atom. The number of rotatable bonds is 6. The molecule has 0 spiro atoms. The van der Waals surface area contributed by atoms with E-state index in [1.807, 2.05) is 4.90 Å². The van der Waals surface area contributed by atoms with E-state index in [4.69, 9.17) is 21.1 Å². The van der Waals surface area contributed by atoms with E-state index in [0.717, 1.165) is 6.07 Å². The fourth-order valence-corrected chi connectivity index (χ4v) is 3.01. The highest BCUT2D eigenvalue weighted by Gasteiger charge is 2.20. The van der Waals surface area contributed by atoms with Gasteiger partial charge in [-0.05, 0) is 18.2 Å². The first-order valence-electron chi connectivity index (χ1n) is 8.65. The SMILES string of the molecule is COCc1cc(=O)n(CC(=O)Nc2cc(F)ccc2Cl)c(N2CCOCC2)n1. The van der Waals surface area contributed by atoms with Crippen molar-refractivity contribution in [1.29, 1.82) is 0 Å². The van der Waals surface area contributed by atoms with Crippen molar-refractivity contribution in [2.24, 2.45) is 0 Å². The number of methoxy groups -OCH3 is 1. The van der Waals surface area contributed by atoms with Crippen molar-refractivity contribution >= 4 is 29.1 Å². The number of hydrogen-bond donors (Lipinski definition) is 1. The van der Waals surface area contributed by atoms with Crippen LogP contribution < -0.4 is 15.8 Å². The van der Waals surface area contributed by atoms with Crippen LogP contribution in [-0.2, 0) is 27.4 Å². The number of ether oxygens (including phenoxy) is 2. The zero-order valence-electron chi connectivity index (χ0n) is 15.3. The molecular formula is C18H20ClFN4O4. The fraction of sp³-hybridized carbons (Fsp3) is 0.389. The minimum Gasteiger partial charge on any atom is -0.378 e. The summed E-state index contributed by atoms with van der Waals surface area (Å²) >= 11 is 5.98. The first kappa shape index (κ1) is 20.2. The van der Waals surface area contributed by atoms with Gasteiger partial charge in [0.05, 0.1) is 36.2 Å². The largest absolute Gasteiger partial charge is 0.378 e. The lowest BCUT2D eigenvalue weighted by Gasteiger charge is -2.29. The quantitative estimate of drug-likeness (QED) is 0.779. The number of nitrogens with zero attached hydrogens (tertiary/aromatic N) is 3. The second-order valence-electron chi connectivity index (χ2n) is 6.18. The van der Waals surface area contributed by atoms with Crippen molar-refractivity contribution in [3.05, 3.63) is 51.2 Å². The van der Waals surface area contributed by atoms with Gasteiger partial charge in [-0.15, -0.1) is 0 Å². The molecule has 8 nitrogen and oxygen atoms in total. The lowest BCUT2D eigenvalue weighted by atomic mass is 10.3. The molecule has 0 atom stereocenters. The highest BCUT2D eigenvalue weighted by Crippen LogP contribution is 2.22. The van der Waals surface area contributed by atoms with Gasteiger partial charge in [0.15, 0.2) is 0 Å². The van der Waals surface area contributed by atoms with Crippen LogP contribution in [0.2, 0.25) is 5.02 Å². The van der Waals surface area contributed by atoms with E-state index in [1.165, 1.54) is 29.9 Å². The van der Waals surface area contributed by atoms with E-state index >= 15 is 0 Å². The molecule has 2 aromatic rings. The second kappa shape index (κ2) is 9.13. The van der Waals surface area contributed by atoms with Crippen LogP contribution in [0.1, 0.15) is 5.69 Å². The number of hydrogen-bond acceptors (Lipinski definition) is 6. The van der Waals surface area contributed by atoms with Crippen molar-refractivity contribution in [2.45, 2.75) is 13.2 Å². The topological polar surface area (TPSA) is 85.7 Å². The summed E-state index contributed by atoms with van der Waals surface area (Å²) in [6, 6.07) is 4.98. The summed E-state index contributed by atoms with van der Waals surface area (Å²) in [5.74, 6) is -0.690. The van der Waals surface area contributed by atoms with Gasteiger partial charge in [-0.1, -0.05) is 11.6 Å². The van der Waals surface area contributed by atoms with Crippen molar-refractivity contribution in [2.75, 3.05) is 43.6 Å². The average Bonchev–Trinajstić information content (AvgIpc) is 2.67. The minimum atomic E-state index is -0.531. The Balaban J connectivity index is 1.88. The lowest BCUT2D eigenvalue weighted by molar-refractivity contribution is -0.116. The summed E-state index contributed by atoms with van der Waals surface area (Å²) < 4.78 is 25.1. The normalized spacial score (nSPS) is 14.2. The second-order valence-corrected chi connectivity index (χ2v) is 6.58. The predicted molar refractivity (Wildman–Crippen MR) is 102 cm³/mol. The predicted octanol–water partition coefficient (Wildman–Crippen LogP) is 1.66. The number of morpholine rings is 1. The Hall–Kier alpha value is -2.49. The van der Waals surface area contributed by atoms with Crippen LogP contribution in [0.4, 0.5) is 16.0 Å². The smallest absolute Gasteiger partial charge is 0.255 e. The molecule has 0 saturated carbocycles. The zero-order valence-corrected chi connectivity index (χ0v) is 16.0. The molecule has 1 fully saturated rings. The molecule has 0 radical (unpaired) electrons. The van der Waals surface area contributed by atoms with E-state index in [0.29, 0.717) is 37.9 Å². The van der Waals surface area contributed by atoms with Gasteiger partial charge in [0.1, 0.15) is 12.4 Å². The molecule has 10 heteroatoms. The lowest BCUT2D eigenvalue weighted by Crippen LogP contribution is -2.42. The summed E-state index contributed by atoms with van der Waals surface area (Å²) in [6.07, 6.45) is 0. The maximum Gasteiger partial charge on any atom is 0.255 e.